The molecule has 1 aromatic rings. The van der Waals surface area contributed by atoms with Crippen molar-refractivity contribution >= 4 is 17.3 Å². The Kier molecular flexibility index (Phi) is 3.52. The number of carbonyl (C=O) groups is 1. The van der Waals surface area contributed by atoms with Crippen molar-refractivity contribution in [2.75, 3.05) is 13.7 Å². The van der Waals surface area contributed by atoms with Crippen LogP contribution in [0.5, 0.6) is 0 Å². The first-order valence-electron chi connectivity index (χ1n) is 5.07. The van der Waals surface area contributed by atoms with Crippen molar-refractivity contribution in [2.45, 2.75) is 25.1 Å². The van der Waals surface area contributed by atoms with Crippen molar-refractivity contribution in [3.63, 3.8) is 0 Å². The molecule has 0 bridgehead atoms. The first-order valence-corrected chi connectivity index (χ1v) is 6.02. The fourth-order valence-corrected chi connectivity index (χ4v) is 2.51. The van der Waals surface area contributed by atoms with Gasteiger partial charge in [-0.25, -0.2) is 4.98 Å². The maximum atomic E-state index is 11.5. The normalized spacial score (nSPS) is 25.9. The number of likely N-dealkylation sites (tertiary alicyclic amines) is 1. The summed E-state index contributed by atoms with van der Waals surface area (Å²) < 4.78 is 4.72. The van der Waals surface area contributed by atoms with Crippen LogP contribution in [0.1, 0.15) is 12.1 Å². The van der Waals surface area contributed by atoms with Gasteiger partial charge in [0, 0.05) is 24.9 Å². The number of rotatable bonds is 3. The SMILES string of the molecule is COC(=O)[C@@H]1C[C@H](O)CN1Cc1cscn1. The minimum atomic E-state index is -0.456. The third-order valence-corrected chi connectivity index (χ3v) is 3.34. The molecule has 2 atom stereocenters. The Labute approximate surface area is 97.7 Å². The molecule has 2 heterocycles. The van der Waals surface area contributed by atoms with E-state index in [4.69, 9.17) is 4.74 Å². The molecule has 1 saturated heterocycles. The number of nitrogens with zero attached hydrogens (tertiary/aromatic N) is 2. The summed E-state index contributed by atoms with van der Waals surface area (Å²) in [5.74, 6) is -0.285. The lowest BCUT2D eigenvalue weighted by molar-refractivity contribution is -0.146. The first kappa shape index (κ1) is 11.5. The van der Waals surface area contributed by atoms with Crippen LogP contribution in [0.15, 0.2) is 10.9 Å². The van der Waals surface area contributed by atoms with E-state index in [1.54, 1.807) is 5.51 Å². The molecular formula is C10H14N2O3S. The zero-order valence-corrected chi connectivity index (χ0v) is 9.81. The molecule has 1 aromatic heterocycles. The van der Waals surface area contributed by atoms with Crippen LogP contribution in [0.4, 0.5) is 0 Å². The largest absolute Gasteiger partial charge is 0.468 e. The lowest BCUT2D eigenvalue weighted by Gasteiger charge is -2.20. The van der Waals surface area contributed by atoms with E-state index < -0.39 is 6.10 Å². The summed E-state index contributed by atoms with van der Waals surface area (Å²) in [6, 6.07) is -0.346. The highest BCUT2D eigenvalue weighted by Crippen LogP contribution is 2.21. The Bertz CT molecular complexity index is 355. The number of carbonyl (C=O) groups excluding carboxylic acids is 1. The summed E-state index contributed by atoms with van der Waals surface area (Å²) in [6.07, 6.45) is -0.0145. The Hall–Kier alpha value is -0.980. The van der Waals surface area contributed by atoms with Crippen LogP contribution in [-0.4, -0.2) is 46.8 Å². The van der Waals surface area contributed by atoms with E-state index in [0.29, 0.717) is 19.5 Å². The molecule has 5 nitrogen and oxygen atoms in total. The Balaban J connectivity index is 2.04. The van der Waals surface area contributed by atoms with Crippen molar-refractivity contribution in [1.82, 2.24) is 9.88 Å². The van der Waals surface area contributed by atoms with Gasteiger partial charge in [-0.05, 0) is 0 Å². The second-order valence-electron chi connectivity index (χ2n) is 3.84. The van der Waals surface area contributed by atoms with Crippen molar-refractivity contribution in [2.24, 2.45) is 0 Å². The minimum absolute atomic E-state index is 0.285. The summed E-state index contributed by atoms with van der Waals surface area (Å²) in [6.45, 7) is 1.08. The van der Waals surface area contributed by atoms with Crippen LogP contribution >= 0.6 is 11.3 Å². The number of methoxy groups -OCH3 is 1. The van der Waals surface area contributed by atoms with E-state index >= 15 is 0 Å². The highest BCUT2D eigenvalue weighted by molar-refractivity contribution is 7.07. The van der Waals surface area contributed by atoms with Crippen molar-refractivity contribution < 1.29 is 14.6 Å². The van der Waals surface area contributed by atoms with Gasteiger partial charge in [-0.15, -0.1) is 11.3 Å². The van der Waals surface area contributed by atoms with Gasteiger partial charge in [0.1, 0.15) is 6.04 Å². The van der Waals surface area contributed by atoms with Crippen LogP contribution in [0.3, 0.4) is 0 Å². The van der Waals surface area contributed by atoms with Gasteiger partial charge >= 0.3 is 5.97 Å². The number of esters is 1. The van der Waals surface area contributed by atoms with Crippen molar-refractivity contribution in [1.29, 1.82) is 0 Å². The molecule has 0 amide bonds. The average Bonchev–Trinajstić information content (AvgIpc) is 2.88. The first-order chi connectivity index (χ1) is 7.70. The van der Waals surface area contributed by atoms with Crippen LogP contribution in [0, 0.1) is 0 Å². The van der Waals surface area contributed by atoms with Gasteiger partial charge in [-0.1, -0.05) is 0 Å². The average molecular weight is 242 g/mol. The summed E-state index contributed by atoms with van der Waals surface area (Å²) in [5.41, 5.74) is 2.68. The van der Waals surface area contributed by atoms with Crippen LogP contribution < -0.4 is 0 Å². The molecule has 1 aliphatic rings. The van der Waals surface area contributed by atoms with Gasteiger partial charge in [0.05, 0.1) is 24.4 Å². The fraction of sp³-hybridized carbons (Fsp3) is 0.600. The number of aromatic nitrogens is 1. The highest BCUT2D eigenvalue weighted by Gasteiger charge is 2.36. The van der Waals surface area contributed by atoms with Crippen LogP contribution in [0.25, 0.3) is 0 Å². The Morgan fingerprint density at radius 1 is 1.81 bits per heavy atom. The highest BCUT2D eigenvalue weighted by atomic mass is 32.1. The third kappa shape index (κ3) is 2.40. The summed E-state index contributed by atoms with van der Waals surface area (Å²) in [4.78, 5) is 17.6. The van der Waals surface area contributed by atoms with E-state index in [-0.39, 0.29) is 12.0 Å². The van der Waals surface area contributed by atoms with Gasteiger partial charge in [-0.3, -0.25) is 9.69 Å². The topological polar surface area (TPSA) is 62.7 Å². The molecule has 6 heteroatoms. The second kappa shape index (κ2) is 4.90. The van der Waals surface area contributed by atoms with E-state index in [0.717, 1.165) is 5.69 Å². The van der Waals surface area contributed by atoms with E-state index in [9.17, 15) is 9.90 Å². The second-order valence-corrected chi connectivity index (χ2v) is 4.56. The quantitative estimate of drug-likeness (QED) is 0.770. The van der Waals surface area contributed by atoms with E-state index in [1.165, 1.54) is 18.4 Å². The molecule has 0 spiro atoms. The monoisotopic (exact) mass is 242 g/mol. The third-order valence-electron chi connectivity index (χ3n) is 2.70. The molecule has 16 heavy (non-hydrogen) atoms. The molecule has 1 aliphatic heterocycles. The maximum Gasteiger partial charge on any atom is 0.323 e. The lowest BCUT2D eigenvalue weighted by atomic mass is 10.2. The maximum absolute atomic E-state index is 11.5. The number of aliphatic hydroxyl groups excluding tert-OH is 1. The smallest absolute Gasteiger partial charge is 0.323 e. The summed E-state index contributed by atoms with van der Waals surface area (Å²) in [5, 5.41) is 11.5. The van der Waals surface area contributed by atoms with Crippen LogP contribution in [-0.2, 0) is 16.1 Å². The predicted molar refractivity (Wildman–Crippen MR) is 59.0 cm³/mol. The van der Waals surface area contributed by atoms with Gasteiger partial charge in [-0.2, -0.15) is 0 Å². The number of hydrogen-bond donors (Lipinski definition) is 1. The zero-order valence-electron chi connectivity index (χ0n) is 9.00. The molecule has 0 unspecified atom stereocenters. The number of β-amino-alcohol motifs (C(OH)–C–C–N with tert-alkyl or cyclic N) is 1. The van der Waals surface area contributed by atoms with Crippen molar-refractivity contribution in [3.05, 3.63) is 16.6 Å². The predicted octanol–water partition coefficient (Wildman–Crippen LogP) is 0.251. The standard InChI is InChI=1S/C10H14N2O3S/c1-15-10(14)9-2-8(13)4-12(9)3-7-5-16-6-11-7/h5-6,8-9,13H,2-4H2,1H3/t8-,9-/m0/s1. The molecular weight excluding hydrogens is 228 g/mol. The molecule has 0 radical (unpaired) electrons. The minimum Gasteiger partial charge on any atom is -0.468 e. The number of ether oxygens (including phenoxy) is 1. The Morgan fingerprint density at radius 2 is 2.62 bits per heavy atom. The molecule has 0 aromatic carbocycles. The van der Waals surface area contributed by atoms with Gasteiger partial charge in [0.15, 0.2) is 0 Å². The summed E-state index contributed by atoms with van der Waals surface area (Å²) in [7, 11) is 1.37. The number of hydrogen-bond acceptors (Lipinski definition) is 6. The van der Waals surface area contributed by atoms with Gasteiger partial charge in [0.25, 0.3) is 0 Å². The zero-order chi connectivity index (χ0) is 11.5. The molecule has 88 valence electrons. The molecule has 0 aliphatic carbocycles. The molecule has 2 rings (SSSR count). The van der Waals surface area contributed by atoms with Gasteiger partial charge in [0.2, 0.25) is 0 Å². The summed E-state index contributed by atoms with van der Waals surface area (Å²) >= 11 is 1.52. The number of thiazole rings is 1. The van der Waals surface area contributed by atoms with Crippen LogP contribution in [0.2, 0.25) is 0 Å². The van der Waals surface area contributed by atoms with E-state index in [2.05, 4.69) is 4.98 Å². The van der Waals surface area contributed by atoms with E-state index in [1.807, 2.05) is 10.3 Å². The molecule has 1 fully saturated rings. The lowest BCUT2D eigenvalue weighted by Crippen LogP contribution is -2.36. The Morgan fingerprint density at radius 3 is 3.25 bits per heavy atom. The fourth-order valence-electron chi connectivity index (χ4n) is 1.96. The van der Waals surface area contributed by atoms with Crippen molar-refractivity contribution in [3.8, 4) is 0 Å². The molecule has 0 saturated carbocycles. The molecule has 1 N–H and O–H groups in total. The number of aliphatic hydroxyl groups is 1. The van der Waals surface area contributed by atoms with Gasteiger partial charge < -0.3 is 9.84 Å².